The van der Waals surface area contributed by atoms with Gasteiger partial charge in [0.25, 0.3) is 5.91 Å². The number of nitrogens with one attached hydrogen (secondary N) is 2. The van der Waals surface area contributed by atoms with Crippen LogP contribution in [0.15, 0.2) is 48.5 Å². The van der Waals surface area contributed by atoms with Crippen LogP contribution in [0.4, 0.5) is 5.69 Å². The number of carboxylic acids is 1. The molecule has 0 aromatic heterocycles. The molecule has 1 amide bonds. The monoisotopic (exact) mass is 402 g/mol. The molecule has 1 unspecified atom stereocenters. The molecule has 28 heavy (non-hydrogen) atoms. The summed E-state index contributed by atoms with van der Waals surface area (Å²) < 4.78 is 5.56. The molecule has 0 saturated heterocycles. The van der Waals surface area contributed by atoms with Crippen LogP contribution in [0.25, 0.3) is 0 Å². The van der Waals surface area contributed by atoms with Crippen LogP contribution in [0.2, 0.25) is 0 Å². The predicted molar refractivity (Wildman–Crippen MR) is 113 cm³/mol. The number of anilines is 1. The van der Waals surface area contributed by atoms with Crippen LogP contribution in [0, 0.1) is 6.92 Å². The van der Waals surface area contributed by atoms with Crippen molar-refractivity contribution >= 4 is 29.3 Å². The fourth-order valence-electron chi connectivity index (χ4n) is 2.52. The highest BCUT2D eigenvalue weighted by Crippen LogP contribution is 2.14. The van der Waals surface area contributed by atoms with E-state index in [-0.39, 0.29) is 12.5 Å². The van der Waals surface area contributed by atoms with Crippen molar-refractivity contribution in [2.24, 2.45) is 0 Å². The summed E-state index contributed by atoms with van der Waals surface area (Å²) in [5, 5.41) is 15.1. The molecule has 3 N–H and O–H groups in total. The second kappa shape index (κ2) is 11.4. The minimum atomic E-state index is -0.853. The molecule has 0 radical (unpaired) electrons. The SMILES string of the molecule is CSCCC(NCc1cccc(OCC(=O)Nc2ccc(C)cc2)c1)C(=O)O. The molecule has 7 heteroatoms. The highest BCUT2D eigenvalue weighted by Gasteiger charge is 2.16. The van der Waals surface area contributed by atoms with Gasteiger partial charge in [-0.3, -0.25) is 9.59 Å². The molecule has 0 saturated carbocycles. The molecule has 150 valence electrons. The smallest absolute Gasteiger partial charge is 0.320 e. The van der Waals surface area contributed by atoms with E-state index in [0.717, 1.165) is 22.6 Å². The van der Waals surface area contributed by atoms with Crippen molar-refractivity contribution in [3.8, 4) is 5.75 Å². The Morgan fingerprint density at radius 2 is 1.93 bits per heavy atom. The van der Waals surface area contributed by atoms with E-state index in [4.69, 9.17) is 4.74 Å². The summed E-state index contributed by atoms with van der Waals surface area (Å²) in [4.78, 5) is 23.3. The third kappa shape index (κ3) is 7.62. The van der Waals surface area contributed by atoms with Gasteiger partial charge in [0.05, 0.1) is 0 Å². The van der Waals surface area contributed by atoms with Gasteiger partial charge >= 0.3 is 5.97 Å². The van der Waals surface area contributed by atoms with Crippen molar-refractivity contribution < 1.29 is 19.4 Å². The van der Waals surface area contributed by atoms with E-state index in [9.17, 15) is 14.7 Å². The predicted octanol–water partition coefficient (Wildman–Crippen LogP) is 3.31. The van der Waals surface area contributed by atoms with E-state index >= 15 is 0 Å². The summed E-state index contributed by atoms with van der Waals surface area (Å²) in [7, 11) is 0. The van der Waals surface area contributed by atoms with E-state index in [1.165, 1.54) is 0 Å². The van der Waals surface area contributed by atoms with Crippen molar-refractivity contribution in [1.82, 2.24) is 5.32 Å². The van der Waals surface area contributed by atoms with Crippen LogP contribution < -0.4 is 15.4 Å². The number of hydrogen-bond donors (Lipinski definition) is 3. The normalized spacial score (nSPS) is 11.6. The molecule has 2 rings (SSSR count). The lowest BCUT2D eigenvalue weighted by Crippen LogP contribution is -2.36. The summed E-state index contributed by atoms with van der Waals surface area (Å²) in [5.74, 6) is 0.252. The maximum Gasteiger partial charge on any atom is 0.320 e. The number of carboxylic acid groups (broad SMARTS) is 1. The van der Waals surface area contributed by atoms with E-state index in [1.54, 1.807) is 23.9 Å². The van der Waals surface area contributed by atoms with Crippen molar-refractivity contribution in [3.05, 3.63) is 59.7 Å². The molecule has 0 aliphatic carbocycles. The molecule has 2 aromatic rings. The van der Waals surface area contributed by atoms with Crippen LogP contribution >= 0.6 is 11.8 Å². The number of rotatable bonds is 11. The highest BCUT2D eigenvalue weighted by molar-refractivity contribution is 7.98. The number of carbonyl (C=O) groups is 2. The van der Waals surface area contributed by atoms with Gasteiger partial charge in [-0.1, -0.05) is 29.8 Å². The van der Waals surface area contributed by atoms with Crippen LogP contribution in [-0.2, 0) is 16.1 Å². The number of hydrogen-bond acceptors (Lipinski definition) is 5. The topological polar surface area (TPSA) is 87.7 Å². The van der Waals surface area contributed by atoms with Gasteiger partial charge in [-0.05, 0) is 55.2 Å². The zero-order valence-electron chi connectivity index (χ0n) is 16.1. The van der Waals surface area contributed by atoms with Crippen molar-refractivity contribution in [3.63, 3.8) is 0 Å². The Bertz CT molecular complexity index is 780. The Morgan fingerprint density at radius 1 is 1.18 bits per heavy atom. The molecule has 2 aromatic carbocycles. The fraction of sp³-hybridized carbons (Fsp3) is 0.333. The Hall–Kier alpha value is -2.51. The third-order valence-electron chi connectivity index (χ3n) is 4.07. The van der Waals surface area contributed by atoms with Gasteiger partial charge < -0.3 is 20.5 Å². The van der Waals surface area contributed by atoms with Crippen LogP contribution in [0.3, 0.4) is 0 Å². The molecule has 0 heterocycles. The number of ether oxygens (including phenoxy) is 1. The number of amides is 1. The molecule has 0 aliphatic rings. The first-order valence-electron chi connectivity index (χ1n) is 9.01. The average Bonchev–Trinajstić information content (AvgIpc) is 2.68. The summed E-state index contributed by atoms with van der Waals surface area (Å²) in [6.45, 7) is 2.30. The lowest BCUT2D eigenvalue weighted by Gasteiger charge is -2.14. The number of benzene rings is 2. The first kappa shape index (κ1) is 21.8. The molecule has 0 spiro atoms. The van der Waals surface area contributed by atoms with Gasteiger partial charge in [-0.25, -0.2) is 0 Å². The van der Waals surface area contributed by atoms with Gasteiger partial charge in [0.15, 0.2) is 6.61 Å². The third-order valence-corrected chi connectivity index (χ3v) is 4.71. The first-order chi connectivity index (χ1) is 13.5. The summed E-state index contributed by atoms with van der Waals surface area (Å²) in [6, 6.07) is 14.2. The second-order valence-electron chi connectivity index (χ2n) is 6.40. The summed E-state index contributed by atoms with van der Waals surface area (Å²) in [6.07, 6.45) is 2.51. The Morgan fingerprint density at radius 3 is 2.61 bits per heavy atom. The maximum atomic E-state index is 12.0. The van der Waals surface area contributed by atoms with E-state index in [2.05, 4.69) is 10.6 Å². The maximum absolute atomic E-state index is 12.0. The molecule has 1 atom stereocenters. The highest BCUT2D eigenvalue weighted by atomic mass is 32.2. The zero-order chi connectivity index (χ0) is 20.4. The lowest BCUT2D eigenvalue weighted by atomic mass is 10.1. The van der Waals surface area contributed by atoms with E-state index < -0.39 is 12.0 Å². The van der Waals surface area contributed by atoms with Crippen molar-refractivity contribution in [2.45, 2.75) is 25.9 Å². The van der Waals surface area contributed by atoms with Gasteiger partial charge in [-0.15, -0.1) is 0 Å². The molecule has 6 nitrogen and oxygen atoms in total. The first-order valence-corrected chi connectivity index (χ1v) is 10.4. The molecular formula is C21H26N2O4S. The molecular weight excluding hydrogens is 376 g/mol. The lowest BCUT2D eigenvalue weighted by molar-refractivity contribution is -0.139. The number of aliphatic carboxylic acids is 1. The summed E-state index contributed by atoms with van der Waals surface area (Å²) >= 11 is 1.62. The van der Waals surface area contributed by atoms with Gasteiger partial charge in [0.2, 0.25) is 0 Å². The zero-order valence-corrected chi connectivity index (χ0v) is 16.9. The molecule has 0 bridgehead atoms. The second-order valence-corrected chi connectivity index (χ2v) is 7.39. The van der Waals surface area contributed by atoms with Gasteiger partial charge in [0, 0.05) is 12.2 Å². The Labute approximate surface area is 169 Å². The van der Waals surface area contributed by atoms with E-state index in [1.807, 2.05) is 49.6 Å². The fourth-order valence-corrected chi connectivity index (χ4v) is 2.99. The number of thioether (sulfide) groups is 1. The van der Waals surface area contributed by atoms with Crippen molar-refractivity contribution in [2.75, 3.05) is 23.9 Å². The van der Waals surface area contributed by atoms with E-state index in [0.29, 0.717) is 18.7 Å². The standard InChI is InChI=1S/C21H26N2O4S/c1-15-6-8-17(9-7-15)23-20(24)14-27-18-5-3-4-16(12-18)13-22-19(21(25)26)10-11-28-2/h3-9,12,19,22H,10-11,13-14H2,1-2H3,(H,23,24)(H,25,26). The molecule has 0 fully saturated rings. The van der Waals surface area contributed by atoms with Crippen LogP contribution in [0.5, 0.6) is 5.75 Å². The van der Waals surface area contributed by atoms with Crippen molar-refractivity contribution in [1.29, 1.82) is 0 Å². The average molecular weight is 403 g/mol. The minimum Gasteiger partial charge on any atom is -0.484 e. The summed E-state index contributed by atoms with van der Waals surface area (Å²) in [5.41, 5.74) is 2.74. The van der Waals surface area contributed by atoms with Gasteiger partial charge in [-0.2, -0.15) is 11.8 Å². The molecule has 0 aliphatic heterocycles. The quantitative estimate of drug-likeness (QED) is 0.535. The Kier molecular flexibility index (Phi) is 8.84. The minimum absolute atomic E-state index is 0.101. The van der Waals surface area contributed by atoms with Crippen LogP contribution in [0.1, 0.15) is 17.5 Å². The number of aryl methyl sites for hydroxylation is 1. The Balaban J connectivity index is 1.84. The van der Waals surface area contributed by atoms with Gasteiger partial charge in [0.1, 0.15) is 11.8 Å². The largest absolute Gasteiger partial charge is 0.484 e. The van der Waals surface area contributed by atoms with Crippen LogP contribution in [-0.4, -0.2) is 41.6 Å². The number of carbonyl (C=O) groups excluding carboxylic acids is 1.